The SMILES string of the molecule is C\C=C/C(Cl)=C\C=C(/C)CC(NC(=O)CC1NCc2ccccc21)C(=O)N1CCN(C(CN(CC(C)C)C(C)=O)C2CCCCC2)CC1. The van der Waals surface area contributed by atoms with Crippen LogP contribution in [0.25, 0.3) is 0 Å². The third-order valence-corrected chi connectivity index (χ3v) is 10.4. The van der Waals surface area contributed by atoms with Gasteiger partial charge in [0.25, 0.3) is 0 Å². The molecular formula is C39H58ClN5O3. The van der Waals surface area contributed by atoms with Gasteiger partial charge in [0, 0.05) is 76.3 Å². The number of benzene rings is 1. The third-order valence-electron chi connectivity index (χ3n) is 10.1. The minimum atomic E-state index is -0.667. The van der Waals surface area contributed by atoms with E-state index in [1.54, 1.807) is 6.92 Å². The Morgan fingerprint density at radius 3 is 2.40 bits per heavy atom. The minimum Gasteiger partial charge on any atom is -0.344 e. The Morgan fingerprint density at radius 2 is 1.73 bits per heavy atom. The van der Waals surface area contributed by atoms with Crippen LogP contribution in [0.15, 0.2) is 59.2 Å². The lowest BCUT2D eigenvalue weighted by Crippen LogP contribution is -2.59. The van der Waals surface area contributed by atoms with E-state index in [0.717, 1.165) is 43.9 Å². The molecule has 1 saturated heterocycles. The quantitative estimate of drug-likeness (QED) is 0.224. The fraction of sp³-hybridized carbons (Fsp3) is 0.615. The van der Waals surface area contributed by atoms with Crippen molar-refractivity contribution in [3.8, 4) is 0 Å². The number of amides is 3. The van der Waals surface area contributed by atoms with Gasteiger partial charge in [0.2, 0.25) is 17.7 Å². The summed E-state index contributed by atoms with van der Waals surface area (Å²) in [6, 6.07) is 7.74. The van der Waals surface area contributed by atoms with Crippen molar-refractivity contribution in [2.75, 3.05) is 39.3 Å². The first-order chi connectivity index (χ1) is 23.0. The fourth-order valence-electron chi connectivity index (χ4n) is 7.60. The van der Waals surface area contributed by atoms with E-state index in [2.05, 4.69) is 41.5 Å². The van der Waals surface area contributed by atoms with Crippen LogP contribution >= 0.6 is 11.6 Å². The first-order valence-corrected chi connectivity index (χ1v) is 18.5. The molecule has 3 amide bonds. The second-order valence-electron chi connectivity index (χ2n) is 14.4. The van der Waals surface area contributed by atoms with Crippen molar-refractivity contribution in [2.45, 2.75) is 104 Å². The summed E-state index contributed by atoms with van der Waals surface area (Å²) in [4.78, 5) is 46.8. The van der Waals surface area contributed by atoms with Gasteiger partial charge in [-0.2, -0.15) is 0 Å². The summed E-state index contributed by atoms with van der Waals surface area (Å²) in [5.74, 6) is 0.931. The lowest BCUT2D eigenvalue weighted by molar-refractivity contribution is -0.138. The first kappa shape index (κ1) is 37.9. The molecule has 2 N–H and O–H groups in total. The second-order valence-corrected chi connectivity index (χ2v) is 14.8. The van der Waals surface area contributed by atoms with Gasteiger partial charge in [-0.05, 0) is 68.2 Å². The van der Waals surface area contributed by atoms with E-state index >= 15 is 0 Å². The molecule has 1 saturated carbocycles. The average Bonchev–Trinajstić information content (AvgIpc) is 3.47. The third kappa shape index (κ3) is 11.0. The molecule has 2 heterocycles. The molecular weight excluding hydrogens is 622 g/mol. The fourth-order valence-corrected chi connectivity index (χ4v) is 7.79. The van der Waals surface area contributed by atoms with Crippen LogP contribution in [-0.4, -0.2) is 83.8 Å². The van der Waals surface area contributed by atoms with Crippen LogP contribution in [0.4, 0.5) is 0 Å². The molecule has 2 fully saturated rings. The number of carbonyl (C=O) groups is 3. The Hall–Kier alpha value is -2.94. The Bertz CT molecular complexity index is 1330. The van der Waals surface area contributed by atoms with Crippen LogP contribution in [0, 0.1) is 11.8 Å². The molecule has 0 aromatic heterocycles. The van der Waals surface area contributed by atoms with E-state index in [9.17, 15) is 14.4 Å². The van der Waals surface area contributed by atoms with Crippen LogP contribution in [0.1, 0.15) is 96.7 Å². The Kier molecular flexibility index (Phi) is 14.8. The summed E-state index contributed by atoms with van der Waals surface area (Å²) in [7, 11) is 0. The molecule has 48 heavy (non-hydrogen) atoms. The Balaban J connectivity index is 1.45. The van der Waals surface area contributed by atoms with Gasteiger partial charge in [-0.25, -0.2) is 0 Å². The molecule has 9 heteroatoms. The van der Waals surface area contributed by atoms with E-state index in [-0.39, 0.29) is 30.2 Å². The van der Waals surface area contributed by atoms with Crippen molar-refractivity contribution in [1.29, 1.82) is 0 Å². The maximum Gasteiger partial charge on any atom is 0.245 e. The van der Waals surface area contributed by atoms with Gasteiger partial charge in [0.05, 0.1) is 0 Å². The van der Waals surface area contributed by atoms with E-state index in [4.69, 9.17) is 11.6 Å². The molecule has 0 spiro atoms. The zero-order valence-corrected chi connectivity index (χ0v) is 30.6. The largest absolute Gasteiger partial charge is 0.344 e. The number of nitrogens with one attached hydrogen (secondary N) is 2. The van der Waals surface area contributed by atoms with Gasteiger partial charge in [-0.3, -0.25) is 19.3 Å². The zero-order valence-electron chi connectivity index (χ0n) is 29.8. The maximum absolute atomic E-state index is 14.2. The summed E-state index contributed by atoms with van der Waals surface area (Å²) in [5.41, 5.74) is 3.33. The normalized spacial score (nSPS) is 21.0. The highest BCUT2D eigenvalue weighted by molar-refractivity contribution is 6.31. The zero-order chi connectivity index (χ0) is 34.6. The number of fused-ring (bicyclic) bond motifs is 1. The molecule has 0 bridgehead atoms. The number of piperazine rings is 1. The summed E-state index contributed by atoms with van der Waals surface area (Å²) >= 11 is 6.29. The lowest BCUT2D eigenvalue weighted by Gasteiger charge is -2.45. The van der Waals surface area contributed by atoms with Crippen molar-refractivity contribution in [1.82, 2.24) is 25.3 Å². The molecule has 3 unspecified atom stereocenters. The summed E-state index contributed by atoms with van der Waals surface area (Å²) in [5, 5.41) is 7.18. The van der Waals surface area contributed by atoms with Gasteiger partial charge in [-0.1, -0.05) is 86.7 Å². The predicted molar refractivity (Wildman–Crippen MR) is 195 cm³/mol. The number of allylic oxidation sites excluding steroid dienone is 5. The monoisotopic (exact) mass is 679 g/mol. The van der Waals surface area contributed by atoms with Crippen LogP contribution in [0.5, 0.6) is 0 Å². The Morgan fingerprint density at radius 1 is 1.02 bits per heavy atom. The van der Waals surface area contributed by atoms with Gasteiger partial charge in [-0.15, -0.1) is 0 Å². The average molecular weight is 680 g/mol. The first-order valence-electron chi connectivity index (χ1n) is 18.1. The van der Waals surface area contributed by atoms with Crippen molar-refractivity contribution in [2.24, 2.45) is 11.8 Å². The highest BCUT2D eigenvalue weighted by Crippen LogP contribution is 2.31. The predicted octanol–water partition coefficient (Wildman–Crippen LogP) is 6.34. The van der Waals surface area contributed by atoms with Gasteiger partial charge >= 0.3 is 0 Å². The molecule has 3 atom stereocenters. The molecule has 1 aliphatic carbocycles. The van der Waals surface area contributed by atoms with E-state index < -0.39 is 6.04 Å². The molecule has 3 aliphatic rings. The van der Waals surface area contributed by atoms with Crippen molar-refractivity contribution in [3.63, 3.8) is 0 Å². The van der Waals surface area contributed by atoms with Crippen LogP contribution in [0.3, 0.4) is 0 Å². The number of carbonyl (C=O) groups excluding carboxylic acids is 3. The maximum atomic E-state index is 14.2. The Labute approximate surface area is 294 Å². The molecule has 264 valence electrons. The highest BCUT2D eigenvalue weighted by atomic mass is 35.5. The summed E-state index contributed by atoms with van der Waals surface area (Å²) < 4.78 is 0. The van der Waals surface area contributed by atoms with Gasteiger partial charge in [0.15, 0.2) is 0 Å². The molecule has 1 aromatic carbocycles. The summed E-state index contributed by atoms with van der Waals surface area (Å²) in [6.45, 7) is 14.9. The van der Waals surface area contributed by atoms with Crippen LogP contribution in [-0.2, 0) is 20.9 Å². The molecule has 4 rings (SSSR count). The highest BCUT2D eigenvalue weighted by Gasteiger charge is 2.36. The number of rotatable bonds is 14. The van der Waals surface area contributed by atoms with Gasteiger partial charge < -0.3 is 20.4 Å². The molecule has 8 nitrogen and oxygen atoms in total. The number of halogens is 1. The van der Waals surface area contributed by atoms with Crippen molar-refractivity contribution in [3.05, 3.63) is 70.3 Å². The molecule has 2 aliphatic heterocycles. The van der Waals surface area contributed by atoms with Crippen LogP contribution < -0.4 is 10.6 Å². The van der Waals surface area contributed by atoms with Crippen molar-refractivity contribution >= 4 is 29.3 Å². The molecule has 0 radical (unpaired) electrons. The lowest BCUT2D eigenvalue weighted by atomic mass is 9.82. The van der Waals surface area contributed by atoms with E-state index in [0.29, 0.717) is 42.4 Å². The van der Waals surface area contributed by atoms with Crippen molar-refractivity contribution < 1.29 is 14.4 Å². The number of hydrogen-bond acceptors (Lipinski definition) is 5. The molecule has 1 aromatic rings. The van der Waals surface area contributed by atoms with E-state index in [1.165, 1.54) is 37.7 Å². The topological polar surface area (TPSA) is 85.0 Å². The summed E-state index contributed by atoms with van der Waals surface area (Å²) in [6.07, 6.45) is 14.3. The van der Waals surface area contributed by atoms with E-state index in [1.807, 2.05) is 60.1 Å². The minimum absolute atomic E-state index is 0.0431. The standard InChI is InChI=1S/C39H58ClN5O3/c1-6-12-33(40)18-17-29(4)23-36(42-38(47)24-35-34-16-11-10-15-32(34)25-41-35)39(48)44-21-19-43(20-22-44)37(31-13-8-7-9-14-31)27-45(30(5)46)26-28(2)3/h6,10-12,15-18,28,31,35-37,41H,7-9,13-14,19-27H2,1-5H3,(H,42,47)/b12-6-,29-17+,33-18+. The smallest absolute Gasteiger partial charge is 0.245 e. The number of nitrogens with zero attached hydrogens (tertiary/aromatic N) is 3. The van der Waals surface area contributed by atoms with Crippen LogP contribution in [0.2, 0.25) is 0 Å². The van der Waals surface area contributed by atoms with Gasteiger partial charge in [0.1, 0.15) is 6.04 Å². The second kappa shape index (κ2) is 18.7. The number of hydrogen-bond donors (Lipinski definition) is 2.